The molecule has 0 atom stereocenters. The van der Waals surface area contributed by atoms with Crippen molar-refractivity contribution in [1.29, 1.82) is 0 Å². The predicted molar refractivity (Wildman–Crippen MR) is 143 cm³/mol. The number of hydrogen-bond acceptors (Lipinski definition) is 8. The monoisotopic (exact) mass is 544 g/mol. The molecule has 0 aliphatic carbocycles. The van der Waals surface area contributed by atoms with E-state index in [1.54, 1.807) is 56.9 Å². The van der Waals surface area contributed by atoms with Gasteiger partial charge in [-0.25, -0.2) is 0 Å². The first-order valence-electron chi connectivity index (χ1n) is 11.7. The Morgan fingerprint density at radius 3 is 0.636 bits per heavy atom. The molecule has 0 aromatic carbocycles. The lowest BCUT2D eigenvalue weighted by Gasteiger charge is -2.41. The van der Waals surface area contributed by atoms with Gasteiger partial charge < -0.3 is 35.4 Å². The van der Waals surface area contributed by atoms with E-state index in [1.807, 2.05) is 0 Å². The van der Waals surface area contributed by atoms with Crippen LogP contribution in [0.25, 0.3) is 0 Å². The number of hydrogen-bond donors (Lipinski definition) is 0. The van der Waals surface area contributed by atoms with Gasteiger partial charge in [-0.05, 0) is 81.5 Å². The van der Waals surface area contributed by atoms with E-state index in [0.29, 0.717) is 0 Å². The topological polar surface area (TPSA) is 73.8 Å². The van der Waals surface area contributed by atoms with Gasteiger partial charge in [-0.1, -0.05) is 0 Å². The van der Waals surface area contributed by atoms with Crippen molar-refractivity contribution in [3.8, 4) is 0 Å². The van der Waals surface area contributed by atoms with E-state index >= 15 is 0 Å². The summed E-state index contributed by atoms with van der Waals surface area (Å²) in [4.78, 5) is 0. The first-order valence-corrected chi connectivity index (χ1v) is 21.8. The maximum atomic E-state index is 5.84. The minimum Gasteiger partial charge on any atom is -0.398 e. The maximum Gasteiger partial charge on any atom is 0.334 e. The summed E-state index contributed by atoms with van der Waals surface area (Å²) in [5, 5.41) is 0. The molecule has 0 rings (SSSR count). The highest BCUT2D eigenvalue weighted by atomic mass is 28.4. The third kappa shape index (κ3) is 11.0. The second-order valence-electron chi connectivity index (χ2n) is 9.67. The molecule has 0 radical (unpaired) electrons. The summed E-state index contributed by atoms with van der Waals surface area (Å²) in [7, 11) is 5.15. The van der Waals surface area contributed by atoms with Crippen LogP contribution in [-0.4, -0.2) is 91.1 Å². The summed E-state index contributed by atoms with van der Waals surface area (Å²) in [6, 6.07) is 3.65. The predicted octanol–water partition coefficient (Wildman–Crippen LogP) is 4.99. The quantitative estimate of drug-likeness (QED) is 0.198. The minimum absolute atomic E-state index is 0.0211. The average molecular weight is 545 g/mol. The van der Waals surface area contributed by atoms with Crippen molar-refractivity contribution in [1.82, 2.24) is 0 Å². The molecule has 0 N–H and O–H groups in total. The van der Waals surface area contributed by atoms with Crippen LogP contribution >= 0.6 is 0 Å². The normalized spacial score (nSPS) is 14.2. The van der Waals surface area contributed by atoms with Crippen molar-refractivity contribution in [3.05, 3.63) is 0 Å². The van der Waals surface area contributed by atoms with Gasteiger partial charge in [0.2, 0.25) is 0 Å². The molecule has 33 heavy (non-hydrogen) atoms. The molecule has 0 aromatic heterocycles. The van der Waals surface area contributed by atoms with Crippen LogP contribution in [0, 0.1) is 5.41 Å². The van der Waals surface area contributed by atoms with Gasteiger partial charge in [0.05, 0.1) is 0 Å². The molecule has 0 aromatic rings. The smallest absolute Gasteiger partial charge is 0.334 e. The van der Waals surface area contributed by atoms with E-state index in [2.05, 4.69) is 26.2 Å². The summed E-state index contributed by atoms with van der Waals surface area (Å²) in [6.07, 6.45) is 3.96. The van der Waals surface area contributed by atoms with E-state index in [-0.39, 0.29) is 5.41 Å². The summed E-state index contributed by atoms with van der Waals surface area (Å²) in [5.74, 6) is 0. The van der Waals surface area contributed by atoms with Crippen LogP contribution in [0.1, 0.15) is 25.7 Å². The van der Waals surface area contributed by atoms with Gasteiger partial charge in [-0.15, -0.1) is 0 Å². The van der Waals surface area contributed by atoms with Crippen LogP contribution in [0.5, 0.6) is 0 Å². The highest BCUT2D eigenvalue weighted by Gasteiger charge is 2.43. The van der Waals surface area contributed by atoms with Gasteiger partial charge in [0, 0.05) is 56.9 Å². The molecule has 12 heteroatoms. The first-order chi connectivity index (χ1) is 15.3. The highest BCUT2D eigenvalue weighted by Crippen LogP contribution is 2.45. The standard InChI is InChI=1S/C21H52O8Si4/c1-22-30(9,23-2)17-13-21(14-18-31(10,24-3)25-4,15-19-32(11,26-5)27-6)16-20-33(12,28-7)29-8/h13-20H2,1-12H3. The molecule has 0 aliphatic heterocycles. The molecule has 0 heterocycles. The Bertz CT molecular complexity index is 431. The van der Waals surface area contributed by atoms with E-state index < -0.39 is 34.2 Å². The number of rotatable bonds is 20. The summed E-state index contributed by atoms with van der Waals surface area (Å²) in [5.41, 5.74) is 0.0211. The van der Waals surface area contributed by atoms with Gasteiger partial charge in [0.25, 0.3) is 0 Å². The molecule has 0 unspecified atom stereocenters. The van der Waals surface area contributed by atoms with Crippen LogP contribution in [0.15, 0.2) is 0 Å². The summed E-state index contributed by atoms with van der Waals surface area (Å²) >= 11 is 0. The van der Waals surface area contributed by atoms with Gasteiger partial charge in [0.1, 0.15) is 0 Å². The third-order valence-corrected chi connectivity index (χ3v) is 19.4. The molecule has 200 valence electrons. The lowest BCUT2D eigenvalue weighted by molar-refractivity contribution is 0.175. The zero-order valence-corrected chi connectivity index (χ0v) is 27.4. The van der Waals surface area contributed by atoms with Gasteiger partial charge in [0.15, 0.2) is 0 Å². The van der Waals surface area contributed by atoms with Crippen molar-refractivity contribution < 1.29 is 35.4 Å². The van der Waals surface area contributed by atoms with Crippen LogP contribution in [0.4, 0.5) is 0 Å². The molecule has 0 amide bonds. The van der Waals surface area contributed by atoms with E-state index in [1.165, 1.54) is 0 Å². The second-order valence-corrected chi connectivity index (χ2v) is 24.0. The molecule has 0 spiro atoms. The Morgan fingerprint density at radius 1 is 0.364 bits per heavy atom. The fourth-order valence-corrected chi connectivity index (χ4v) is 10.1. The fraction of sp³-hybridized carbons (Fsp3) is 1.00. The Kier molecular flexibility index (Phi) is 15.2. The molecule has 8 nitrogen and oxygen atoms in total. The van der Waals surface area contributed by atoms with Crippen LogP contribution < -0.4 is 0 Å². The zero-order valence-electron chi connectivity index (χ0n) is 23.4. The lowest BCUT2D eigenvalue weighted by atomic mass is 9.77. The van der Waals surface area contributed by atoms with Gasteiger partial charge >= 0.3 is 34.2 Å². The Balaban J connectivity index is 6.10. The van der Waals surface area contributed by atoms with Crippen LogP contribution in [-0.2, 0) is 35.4 Å². The second kappa shape index (κ2) is 15.0. The van der Waals surface area contributed by atoms with Crippen molar-refractivity contribution >= 4 is 34.2 Å². The molecular weight excluding hydrogens is 493 g/mol. The first kappa shape index (κ1) is 33.5. The van der Waals surface area contributed by atoms with Crippen molar-refractivity contribution in [2.24, 2.45) is 5.41 Å². The maximum absolute atomic E-state index is 5.84. The van der Waals surface area contributed by atoms with Gasteiger partial charge in [-0.3, -0.25) is 0 Å². The lowest BCUT2D eigenvalue weighted by Crippen LogP contribution is -2.43. The van der Waals surface area contributed by atoms with E-state index in [0.717, 1.165) is 49.9 Å². The summed E-state index contributed by atoms with van der Waals surface area (Å²) < 4.78 is 46.7. The molecule has 0 saturated heterocycles. The van der Waals surface area contributed by atoms with Crippen molar-refractivity contribution in [2.45, 2.75) is 76.0 Å². The average Bonchev–Trinajstić information content (AvgIpc) is 2.86. The van der Waals surface area contributed by atoms with Crippen molar-refractivity contribution in [3.63, 3.8) is 0 Å². The Labute approximate surface area is 207 Å². The zero-order chi connectivity index (χ0) is 25.8. The van der Waals surface area contributed by atoms with Crippen molar-refractivity contribution in [2.75, 3.05) is 56.9 Å². The van der Waals surface area contributed by atoms with E-state index in [9.17, 15) is 0 Å². The molecule has 0 bridgehead atoms. The SMILES string of the molecule is CO[Si](C)(CCC(CC[Si](C)(OC)OC)(CC[Si](C)(OC)OC)CC[Si](C)(OC)OC)OC. The Morgan fingerprint density at radius 2 is 0.515 bits per heavy atom. The highest BCUT2D eigenvalue weighted by molar-refractivity contribution is 6.67. The fourth-order valence-electron chi connectivity index (χ4n) is 3.87. The largest absolute Gasteiger partial charge is 0.398 e. The van der Waals surface area contributed by atoms with Crippen LogP contribution in [0.3, 0.4) is 0 Å². The summed E-state index contributed by atoms with van der Waals surface area (Å²) in [6.45, 7) is 8.53. The van der Waals surface area contributed by atoms with Crippen LogP contribution in [0.2, 0.25) is 50.4 Å². The Hall–Kier alpha value is 0.548. The minimum atomic E-state index is -2.24. The molecule has 0 fully saturated rings. The third-order valence-electron chi connectivity index (χ3n) is 7.89. The van der Waals surface area contributed by atoms with E-state index in [4.69, 9.17) is 35.4 Å². The molecule has 0 aliphatic rings. The van der Waals surface area contributed by atoms with Gasteiger partial charge in [-0.2, -0.15) is 0 Å². The molecular formula is C21H52O8Si4. The molecule has 0 saturated carbocycles.